The lowest BCUT2D eigenvalue weighted by Gasteiger charge is -2.06. The van der Waals surface area contributed by atoms with Gasteiger partial charge in [-0.2, -0.15) is 0 Å². The molecule has 1 heterocycles. The molecule has 0 bridgehead atoms. The van der Waals surface area contributed by atoms with Crippen LogP contribution in [-0.2, 0) is 4.74 Å². The largest absolute Gasteiger partial charge is 0.574 e. The molecule has 0 atom stereocenters. The highest BCUT2D eigenvalue weighted by molar-refractivity contribution is 5.60. The van der Waals surface area contributed by atoms with Gasteiger partial charge in [0.25, 0.3) is 0 Å². The molecule has 0 aliphatic carbocycles. The molecule has 1 aliphatic rings. The van der Waals surface area contributed by atoms with Crippen LogP contribution in [0.4, 0.5) is 13.2 Å². The molecule has 55 valence electrons. The molecule has 1 radical (unpaired) electrons. The fourth-order valence-electron chi connectivity index (χ4n) is 0.392. The van der Waals surface area contributed by atoms with Crippen LogP contribution in [0.15, 0.2) is 17.1 Å². The van der Waals surface area contributed by atoms with Gasteiger partial charge in [-0.1, -0.05) is 0 Å². The van der Waals surface area contributed by atoms with E-state index in [1.54, 1.807) is 0 Å². The molecule has 0 unspecified atom stereocenters. The molecule has 0 aromatic carbocycles. The van der Waals surface area contributed by atoms with E-state index in [4.69, 9.17) is 0 Å². The maximum absolute atomic E-state index is 11.3. The van der Waals surface area contributed by atoms with Gasteiger partial charge in [0.1, 0.15) is 6.34 Å². The van der Waals surface area contributed by atoms with Gasteiger partial charge in [0.15, 0.2) is 0 Å². The Kier molecular flexibility index (Phi) is 1.52. The lowest BCUT2D eigenvalue weighted by molar-refractivity contribution is -0.307. The maximum Gasteiger partial charge on any atom is 0.574 e. The van der Waals surface area contributed by atoms with Crippen molar-refractivity contribution in [2.24, 2.45) is 4.99 Å². The molecular weight excluding hydrogens is 149 g/mol. The summed E-state index contributed by atoms with van der Waals surface area (Å²) in [4.78, 5) is 3.27. The summed E-state index contributed by atoms with van der Waals surface area (Å²) < 4.78 is 37.4. The number of ether oxygens (including phenoxy) is 1. The van der Waals surface area contributed by atoms with E-state index in [-0.39, 0.29) is 0 Å². The summed E-state index contributed by atoms with van der Waals surface area (Å²) in [7, 11) is 0. The van der Waals surface area contributed by atoms with Crippen LogP contribution in [0.2, 0.25) is 0 Å². The lowest BCUT2D eigenvalue weighted by atomic mass is 10.8. The first-order valence-corrected chi connectivity index (χ1v) is 2.26. The van der Waals surface area contributed by atoms with Gasteiger partial charge in [0.05, 0.1) is 6.20 Å². The molecule has 1 aliphatic heterocycles. The summed E-state index contributed by atoms with van der Waals surface area (Å²) in [5.41, 5.74) is 0. The Hall–Kier alpha value is -1.20. The van der Waals surface area contributed by atoms with E-state index in [0.717, 1.165) is 12.5 Å². The molecule has 0 saturated carbocycles. The SMILES string of the molecule is FC(F)(F)OC1=CN=C[N]1. The highest BCUT2D eigenvalue weighted by Crippen LogP contribution is 2.20. The number of alkyl halides is 3. The first-order valence-electron chi connectivity index (χ1n) is 2.26. The van der Waals surface area contributed by atoms with Gasteiger partial charge in [-0.05, 0) is 0 Å². The van der Waals surface area contributed by atoms with Crippen LogP contribution in [0.1, 0.15) is 0 Å². The summed E-state index contributed by atoms with van der Waals surface area (Å²) in [5.74, 6) is -0.535. The Labute approximate surface area is 54.2 Å². The van der Waals surface area contributed by atoms with Crippen molar-refractivity contribution < 1.29 is 17.9 Å². The molecule has 6 heteroatoms. The van der Waals surface area contributed by atoms with Crippen LogP contribution in [-0.4, -0.2) is 12.7 Å². The Balaban J connectivity index is 2.41. The predicted molar refractivity (Wildman–Crippen MR) is 25.8 cm³/mol. The number of halogens is 3. The third-order valence-electron chi connectivity index (χ3n) is 0.657. The Morgan fingerprint density at radius 1 is 1.40 bits per heavy atom. The average Bonchev–Trinajstić information content (AvgIpc) is 2.12. The minimum atomic E-state index is -4.68. The van der Waals surface area contributed by atoms with Crippen molar-refractivity contribution in [2.75, 3.05) is 0 Å². The zero-order valence-corrected chi connectivity index (χ0v) is 4.59. The smallest absolute Gasteiger partial charge is 0.386 e. The molecule has 0 amide bonds. The van der Waals surface area contributed by atoms with Crippen LogP contribution in [0.5, 0.6) is 0 Å². The second-order valence-electron chi connectivity index (χ2n) is 1.41. The maximum atomic E-state index is 11.3. The summed E-state index contributed by atoms with van der Waals surface area (Å²) in [5, 5.41) is 3.15. The number of hydrogen-bond donors (Lipinski definition) is 0. The molecule has 3 nitrogen and oxygen atoms in total. The van der Waals surface area contributed by atoms with Crippen molar-refractivity contribution >= 4 is 6.34 Å². The fourth-order valence-corrected chi connectivity index (χ4v) is 0.392. The topological polar surface area (TPSA) is 35.7 Å². The van der Waals surface area contributed by atoms with Crippen LogP contribution >= 0.6 is 0 Å². The molecule has 1 rings (SSSR count). The first-order chi connectivity index (χ1) is 4.58. The number of nitrogens with zero attached hydrogens (tertiary/aromatic N) is 2. The van der Waals surface area contributed by atoms with Gasteiger partial charge in [-0.25, -0.2) is 10.3 Å². The third kappa shape index (κ3) is 1.96. The third-order valence-corrected chi connectivity index (χ3v) is 0.657. The van der Waals surface area contributed by atoms with Crippen molar-refractivity contribution in [3.8, 4) is 0 Å². The van der Waals surface area contributed by atoms with E-state index >= 15 is 0 Å². The quantitative estimate of drug-likeness (QED) is 0.549. The van der Waals surface area contributed by atoms with E-state index in [1.807, 2.05) is 0 Å². The minimum Gasteiger partial charge on any atom is -0.386 e. The molecule has 0 spiro atoms. The van der Waals surface area contributed by atoms with E-state index < -0.39 is 12.2 Å². The predicted octanol–water partition coefficient (Wildman–Crippen LogP) is 0.968. The van der Waals surface area contributed by atoms with Crippen molar-refractivity contribution in [1.29, 1.82) is 0 Å². The second-order valence-corrected chi connectivity index (χ2v) is 1.41. The zero-order valence-electron chi connectivity index (χ0n) is 4.59. The lowest BCUT2D eigenvalue weighted by Crippen LogP contribution is -2.16. The van der Waals surface area contributed by atoms with Crippen molar-refractivity contribution in [3.05, 3.63) is 12.1 Å². The van der Waals surface area contributed by atoms with Gasteiger partial charge >= 0.3 is 6.36 Å². The summed E-state index contributed by atoms with van der Waals surface area (Å²) >= 11 is 0. The standard InChI is InChI=1S/C4H2F3N2O/c5-4(6,7)10-3-1-8-2-9-3/h1-2H. The summed E-state index contributed by atoms with van der Waals surface area (Å²) in [6.07, 6.45) is -2.82. The van der Waals surface area contributed by atoms with Crippen LogP contribution < -0.4 is 5.32 Å². The summed E-state index contributed by atoms with van der Waals surface area (Å²) in [6.45, 7) is 0. The normalized spacial score (nSPS) is 16.5. The van der Waals surface area contributed by atoms with E-state index in [9.17, 15) is 13.2 Å². The number of aliphatic imine (C=N–C) groups is 1. The summed E-state index contributed by atoms with van der Waals surface area (Å²) in [6, 6.07) is 0. The Bertz CT molecular complexity index is 183. The minimum absolute atomic E-state index is 0.535. The van der Waals surface area contributed by atoms with Gasteiger partial charge in [0, 0.05) is 0 Å². The highest BCUT2D eigenvalue weighted by atomic mass is 19.4. The fraction of sp³-hybridized carbons (Fsp3) is 0.250. The van der Waals surface area contributed by atoms with Crippen molar-refractivity contribution in [2.45, 2.75) is 6.36 Å². The molecule has 0 aromatic heterocycles. The van der Waals surface area contributed by atoms with Crippen molar-refractivity contribution in [1.82, 2.24) is 5.32 Å². The second kappa shape index (κ2) is 2.20. The van der Waals surface area contributed by atoms with Gasteiger partial charge < -0.3 is 4.74 Å². The monoisotopic (exact) mass is 151 g/mol. The molecular formula is C4H2F3N2O. The molecule has 0 aromatic rings. The Morgan fingerprint density at radius 3 is 2.50 bits per heavy atom. The Morgan fingerprint density at radius 2 is 2.10 bits per heavy atom. The van der Waals surface area contributed by atoms with Crippen LogP contribution in [0.3, 0.4) is 0 Å². The van der Waals surface area contributed by atoms with Crippen molar-refractivity contribution in [3.63, 3.8) is 0 Å². The van der Waals surface area contributed by atoms with E-state index in [0.29, 0.717) is 0 Å². The molecule has 0 N–H and O–H groups in total. The van der Waals surface area contributed by atoms with E-state index in [2.05, 4.69) is 15.0 Å². The number of hydrogen-bond acceptors (Lipinski definition) is 2. The van der Waals surface area contributed by atoms with Gasteiger partial charge in [-0.3, -0.25) is 0 Å². The van der Waals surface area contributed by atoms with Crippen LogP contribution in [0.25, 0.3) is 0 Å². The van der Waals surface area contributed by atoms with Gasteiger partial charge in [0.2, 0.25) is 5.88 Å². The molecule has 10 heavy (non-hydrogen) atoms. The average molecular weight is 151 g/mol. The highest BCUT2D eigenvalue weighted by Gasteiger charge is 2.32. The molecule has 0 saturated heterocycles. The van der Waals surface area contributed by atoms with E-state index in [1.165, 1.54) is 0 Å². The van der Waals surface area contributed by atoms with Gasteiger partial charge in [-0.15, -0.1) is 13.2 Å². The zero-order chi connectivity index (χ0) is 7.61. The first kappa shape index (κ1) is 6.91. The molecule has 0 fully saturated rings. The van der Waals surface area contributed by atoms with Crippen LogP contribution in [0, 0.1) is 0 Å². The number of rotatable bonds is 1.